The molecule has 1 aromatic carbocycles. The van der Waals surface area contributed by atoms with Crippen molar-refractivity contribution in [3.8, 4) is 0 Å². The minimum Gasteiger partial charge on any atom is -0.206 e. The highest BCUT2D eigenvalue weighted by Gasteiger charge is 2.04. The molecule has 0 bridgehead atoms. The van der Waals surface area contributed by atoms with Gasteiger partial charge in [0, 0.05) is 5.56 Å². The number of allylic oxidation sites excluding steroid dienone is 1. The molecule has 1 rings (SSSR count). The Morgan fingerprint density at radius 1 is 1.54 bits per heavy atom. The number of hydrogen-bond acceptors (Lipinski definition) is 0. The van der Waals surface area contributed by atoms with Crippen LogP contribution in [0.3, 0.4) is 0 Å². The zero-order valence-corrected chi connectivity index (χ0v) is 8.23. The largest absolute Gasteiger partial charge is 0.206 e. The van der Waals surface area contributed by atoms with Gasteiger partial charge in [0.2, 0.25) is 0 Å². The van der Waals surface area contributed by atoms with Gasteiger partial charge in [0.05, 0.1) is 0 Å². The number of hydrogen-bond donors (Lipinski definition) is 0. The molecule has 0 nitrogen and oxygen atoms in total. The standard InChI is InChI=1S/C11H14BF/c1-3-4-8(2)10-7-9(12)5-6-11(10)13/h5-7H,2-4,12H2,1H3. The van der Waals surface area contributed by atoms with Crippen LogP contribution in [0.5, 0.6) is 0 Å². The molecule has 68 valence electrons. The molecule has 0 N–H and O–H groups in total. The van der Waals surface area contributed by atoms with Gasteiger partial charge < -0.3 is 0 Å². The average Bonchev–Trinajstić information content (AvgIpc) is 2.09. The molecule has 1 aromatic rings. The molecule has 0 aliphatic carbocycles. The van der Waals surface area contributed by atoms with Crippen molar-refractivity contribution in [3.05, 3.63) is 36.2 Å². The molecular formula is C11H14BF. The predicted molar refractivity (Wildman–Crippen MR) is 58.5 cm³/mol. The lowest BCUT2D eigenvalue weighted by Gasteiger charge is -2.06. The Morgan fingerprint density at radius 3 is 2.85 bits per heavy atom. The van der Waals surface area contributed by atoms with E-state index in [2.05, 4.69) is 13.5 Å². The molecule has 0 atom stereocenters. The zero-order valence-electron chi connectivity index (χ0n) is 8.23. The first-order valence-corrected chi connectivity index (χ1v) is 4.59. The molecule has 0 saturated heterocycles. The van der Waals surface area contributed by atoms with Gasteiger partial charge in [-0.2, -0.15) is 0 Å². The van der Waals surface area contributed by atoms with Gasteiger partial charge in [-0.05, 0) is 18.1 Å². The van der Waals surface area contributed by atoms with Gasteiger partial charge >= 0.3 is 0 Å². The highest BCUT2D eigenvalue weighted by atomic mass is 19.1. The third-order valence-electron chi connectivity index (χ3n) is 2.05. The summed E-state index contributed by atoms with van der Waals surface area (Å²) in [5, 5.41) is 0. The average molecular weight is 176 g/mol. The molecule has 0 aliphatic rings. The second kappa shape index (κ2) is 4.26. The van der Waals surface area contributed by atoms with Crippen LogP contribution in [0.1, 0.15) is 25.3 Å². The van der Waals surface area contributed by atoms with E-state index in [0.29, 0.717) is 5.56 Å². The molecule has 0 radical (unpaired) electrons. The summed E-state index contributed by atoms with van der Waals surface area (Å²) in [5.74, 6) is -0.163. The summed E-state index contributed by atoms with van der Waals surface area (Å²) < 4.78 is 13.3. The monoisotopic (exact) mass is 176 g/mol. The molecule has 0 fully saturated rings. The summed E-state index contributed by atoms with van der Waals surface area (Å²) in [5.41, 5.74) is 2.64. The summed E-state index contributed by atoms with van der Waals surface area (Å²) in [4.78, 5) is 0. The lowest BCUT2D eigenvalue weighted by atomic mass is 9.91. The Hall–Kier alpha value is -1.05. The molecule has 0 aromatic heterocycles. The maximum atomic E-state index is 13.3. The van der Waals surface area contributed by atoms with Crippen molar-refractivity contribution in [2.24, 2.45) is 0 Å². The van der Waals surface area contributed by atoms with Crippen LogP contribution in [-0.4, -0.2) is 7.85 Å². The van der Waals surface area contributed by atoms with Crippen LogP contribution < -0.4 is 5.46 Å². The van der Waals surface area contributed by atoms with Gasteiger partial charge in [0.15, 0.2) is 0 Å². The van der Waals surface area contributed by atoms with E-state index in [0.717, 1.165) is 23.9 Å². The minimum absolute atomic E-state index is 0.163. The summed E-state index contributed by atoms with van der Waals surface area (Å²) in [6, 6.07) is 5.14. The number of halogens is 1. The number of benzene rings is 1. The van der Waals surface area contributed by atoms with Crippen molar-refractivity contribution in [1.82, 2.24) is 0 Å². The highest BCUT2D eigenvalue weighted by Crippen LogP contribution is 2.19. The van der Waals surface area contributed by atoms with Crippen LogP contribution in [0, 0.1) is 5.82 Å². The Kier molecular flexibility index (Phi) is 3.29. The van der Waals surface area contributed by atoms with Gasteiger partial charge in [-0.3, -0.25) is 0 Å². The van der Waals surface area contributed by atoms with Gasteiger partial charge in [-0.25, -0.2) is 4.39 Å². The first-order valence-electron chi connectivity index (χ1n) is 4.59. The molecule has 2 heteroatoms. The first-order chi connectivity index (χ1) is 6.15. The summed E-state index contributed by atoms with van der Waals surface area (Å²) in [6.45, 7) is 5.94. The van der Waals surface area contributed by atoms with Crippen molar-refractivity contribution in [1.29, 1.82) is 0 Å². The minimum atomic E-state index is -0.163. The predicted octanol–water partition coefficient (Wildman–Crippen LogP) is 1.90. The summed E-state index contributed by atoms with van der Waals surface area (Å²) >= 11 is 0. The third-order valence-corrected chi connectivity index (χ3v) is 2.05. The van der Waals surface area contributed by atoms with E-state index in [1.807, 2.05) is 13.9 Å². The quantitative estimate of drug-likeness (QED) is 0.617. The fourth-order valence-electron chi connectivity index (χ4n) is 1.35. The maximum absolute atomic E-state index is 13.3. The van der Waals surface area contributed by atoms with Crippen LogP contribution in [0.25, 0.3) is 5.57 Å². The molecule has 13 heavy (non-hydrogen) atoms. The molecule has 0 heterocycles. The van der Waals surface area contributed by atoms with E-state index < -0.39 is 0 Å². The van der Waals surface area contributed by atoms with Crippen molar-refractivity contribution in [3.63, 3.8) is 0 Å². The lowest BCUT2D eigenvalue weighted by molar-refractivity contribution is 0.623. The second-order valence-corrected chi connectivity index (χ2v) is 3.34. The molecule has 0 unspecified atom stereocenters. The SMILES string of the molecule is Bc1ccc(F)c(C(=C)CCC)c1. The van der Waals surface area contributed by atoms with E-state index in [4.69, 9.17) is 0 Å². The molecular weight excluding hydrogens is 162 g/mol. The van der Waals surface area contributed by atoms with Crippen LogP contribution in [-0.2, 0) is 0 Å². The van der Waals surface area contributed by atoms with E-state index in [9.17, 15) is 4.39 Å². The third kappa shape index (κ3) is 2.45. The molecule has 0 saturated carbocycles. The smallest absolute Gasteiger partial charge is 0.139 e. The van der Waals surface area contributed by atoms with Crippen molar-refractivity contribution in [2.45, 2.75) is 19.8 Å². The van der Waals surface area contributed by atoms with Crippen molar-refractivity contribution < 1.29 is 4.39 Å². The Bertz CT molecular complexity index is 318. The van der Waals surface area contributed by atoms with Gasteiger partial charge in [0.1, 0.15) is 13.7 Å². The van der Waals surface area contributed by atoms with E-state index >= 15 is 0 Å². The van der Waals surface area contributed by atoms with Gasteiger partial charge in [0.25, 0.3) is 0 Å². The second-order valence-electron chi connectivity index (χ2n) is 3.34. The number of rotatable bonds is 3. The highest BCUT2D eigenvalue weighted by molar-refractivity contribution is 6.32. The van der Waals surface area contributed by atoms with Crippen LogP contribution >= 0.6 is 0 Å². The van der Waals surface area contributed by atoms with Crippen molar-refractivity contribution in [2.75, 3.05) is 0 Å². The van der Waals surface area contributed by atoms with E-state index in [-0.39, 0.29) is 5.82 Å². The van der Waals surface area contributed by atoms with Crippen LogP contribution in [0.15, 0.2) is 24.8 Å². The van der Waals surface area contributed by atoms with E-state index in [1.165, 1.54) is 6.07 Å². The Labute approximate surface area is 79.9 Å². The maximum Gasteiger partial charge on any atom is 0.139 e. The molecule has 0 spiro atoms. The van der Waals surface area contributed by atoms with Gasteiger partial charge in [-0.15, -0.1) is 0 Å². The zero-order chi connectivity index (χ0) is 9.84. The van der Waals surface area contributed by atoms with Crippen LogP contribution in [0.4, 0.5) is 4.39 Å². The van der Waals surface area contributed by atoms with E-state index in [1.54, 1.807) is 6.07 Å². The summed E-state index contributed by atoms with van der Waals surface area (Å²) in [7, 11) is 1.96. The fraction of sp³-hybridized carbons (Fsp3) is 0.273. The Morgan fingerprint density at radius 2 is 2.23 bits per heavy atom. The fourth-order valence-corrected chi connectivity index (χ4v) is 1.35. The van der Waals surface area contributed by atoms with Crippen molar-refractivity contribution >= 4 is 18.9 Å². The first kappa shape index (κ1) is 10.0. The molecule has 0 amide bonds. The van der Waals surface area contributed by atoms with Crippen LogP contribution in [0.2, 0.25) is 0 Å². The topological polar surface area (TPSA) is 0 Å². The Balaban J connectivity index is 2.99. The van der Waals surface area contributed by atoms with Gasteiger partial charge in [-0.1, -0.05) is 37.5 Å². The summed E-state index contributed by atoms with van der Waals surface area (Å²) in [6.07, 6.45) is 1.87. The normalized spacial score (nSPS) is 10.0. The lowest BCUT2D eigenvalue weighted by Crippen LogP contribution is -2.04. The molecule has 0 aliphatic heterocycles.